The van der Waals surface area contributed by atoms with Gasteiger partial charge >= 0.3 is 6.01 Å². The number of aromatic nitrogens is 2. The zero-order valence-corrected chi connectivity index (χ0v) is 24.0. The summed E-state index contributed by atoms with van der Waals surface area (Å²) in [6.45, 7) is 3.26. The number of piperidine rings is 1. The Morgan fingerprint density at radius 2 is 2.00 bits per heavy atom. The Labute approximate surface area is 245 Å². The lowest BCUT2D eigenvalue weighted by Crippen LogP contribution is -2.43. The second kappa shape index (κ2) is 9.96. The summed E-state index contributed by atoms with van der Waals surface area (Å²) in [6.07, 6.45) is 7.27. The van der Waals surface area contributed by atoms with Gasteiger partial charge < -0.3 is 20.1 Å². The van der Waals surface area contributed by atoms with E-state index in [1.54, 1.807) is 6.07 Å². The van der Waals surface area contributed by atoms with E-state index in [-0.39, 0.29) is 11.3 Å². The minimum Gasteiger partial charge on any atom is -0.508 e. The molecule has 1 unspecified atom stereocenters. The van der Waals surface area contributed by atoms with Gasteiger partial charge in [-0.25, -0.2) is 4.39 Å². The van der Waals surface area contributed by atoms with Crippen molar-refractivity contribution in [2.24, 2.45) is 0 Å². The first-order valence-corrected chi connectivity index (χ1v) is 15.7. The second-order valence-corrected chi connectivity index (χ2v) is 13.4. The number of aromatic hydroxyl groups is 1. The molecule has 5 aliphatic heterocycles. The highest BCUT2D eigenvalue weighted by atomic mass is 35.5. The first-order valence-electron chi connectivity index (χ1n) is 15.3. The van der Waals surface area contributed by atoms with Gasteiger partial charge in [-0.2, -0.15) is 9.97 Å². The Morgan fingerprint density at radius 1 is 1.15 bits per heavy atom. The quantitative estimate of drug-likeness (QED) is 0.414. The molecule has 0 radical (unpaired) electrons. The SMILES string of the molecule is Oc1cc(N2CCc3c(nc(OC[C@@]45CCCN4C[C@H](F)C5)nc3C3C[C@H]4CC[C@@H](C3)N4)C2)c2c(Cl)cccc2c1. The number of hydrogen-bond acceptors (Lipinski definition) is 7. The molecule has 0 amide bonds. The first kappa shape index (κ1) is 26.0. The van der Waals surface area contributed by atoms with Gasteiger partial charge in [0.1, 0.15) is 18.5 Å². The minimum absolute atomic E-state index is 0.223. The molecule has 3 aromatic rings. The van der Waals surface area contributed by atoms with E-state index < -0.39 is 6.17 Å². The topological polar surface area (TPSA) is 73.8 Å². The molecule has 2 N–H and O–H groups in total. The zero-order valence-electron chi connectivity index (χ0n) is 23.3. The van der Waals surface area contributed by atoms with Crippen molar-refractivity contribution in [1.82, 2.24) is 20.2 Å². The molecule has 2 aromatic carbocycles. The molecular formula is C32H37ClFN5O2. The molecular weight excluding hydrogens is 541 g/mol. The van der Waals surface area contributed by atoms with Crippen LogP contribution in [-0.4, -0.2) is 70.0 Å². The first-order chi connectivity index (χ1) is 19.9. The van der Waals surface area contributed by atoms with Crippen molar-refractivity contribution in [1.29, 1.82) is 0 Å². The molecule has 9 heteroatoms. The van der Waals surface area contributed by atoms with E-state index in [2.05, 4.69) is 15.1 Å². The van der Waals surface area contributed by atoms with Crippen LogP contribution >= 0.6 is 11.6 Å². The summed E-state index contributed by atoms with van der Waals surface area (Å²) in [5.74, 6) is 0.611. The van der Waals surface area contributed by atoms with Gasteiger partial charge in [-0.05, 0) is 74.6 Å². The van der Waals surface area contributed by atoms with E-state index in [1.165, 1.54) is 18.4 Å². The van der Waals surface area contributed by atoms with Crippen LogP contribution in [0.15, 0.2) is 30.3 Å². The summed E-state index contributed by atoms with van der Waals surface area (Å²) in [5, 5.41) is 16.9. The highest BCUT2D eigenvalue weighted by molar-refractivity contribution is 6.36. The van der Waals surface area contributed by atoms with Crippen molar-refractivity contribution in [3.8, 4) is 11.8 Å². The van der Waals surface area contributed by atoms with E-state index in [0.29, 0.717) is 55.2 Å². The Bertz CT molecular complexity index is 1490. The van der Waals surface area contributed by atoms with Gasteiger partial charge in [0.15, 0.2) is 0 Å². The molecule has 5 atom stereocenters. The summed E-state index contributed by atoms with van der Waals surface area (Å²) in [4.78, 5) is 14.7. The molecule has 2 bridgehead atoms. The number of hydrogen-bond donors (Lipinski definition) is 2. The average molecular weight is 578 g/mol. The predicted molar refractivity (Wildman–Crippen MR) is 158 cm³/mol. The van der Waals surface area contributed by atoms with Gasteiger partial charge in [0.25, 0.3) is 0 Å². The smallest absolute Gasteiger partial charge is 0.316 e. The van der Waals surface area contributed by atoms with Crippen LogP contribution in [0.1, 0.15) is 67.8 Å². The Morgan fingerprint density at radius 3 is 2.85 bits per heavy atom. The number of anilines is 1. The zero-order chi connectivity index (χ0) is 27.7. The maximum absolute atomic E-state index is 14.4. The molecule has 41 heavy (non-hydrogen) atoms. The van der Waals surface area contributed by atoms with E-state index in [1.807, 2.05) is 24.3 Å². The Hall–Kier alpha value is -2.68. The third-order valence-electron chi connectivity index (χ3n) is 10.4. The largest absolute Gasteiger partial charge is 0.508 e. The molecule has 8 rings (SSSR count). The normalized spacial score (nSPS) is 31.0. The van der Waals surface area contributed by atoms with Crippen LogP contribution in [0.25, 0.3) is 10.8 Å². The Kier molecular flexibility index (Phi) is 6.31. The number of nitrogens with one attached hydrogen (secondary N) is 1. The number of nitrogens with zero attached hydrogens (tertiary/aromatic N) is 4. The molecule has 4 fully saturated rings. The molecule has 0 saturated carbocycles. The van der Waals surface area contributed by atoms with E-state index in [9.17, 15) is 9.50 Å². The van der Waals surface area contributed by atoms with Crippen molar-refractivity contribution >= 4 is 28.1 Å². The highest BCUT2D eigenvalue weighted by Gasteiger charge is 2.49. The fourth-order valence-corrected chi connectivity index (χ4v) is 8.84. The fraction of sp³-hybridized carbons (Fsp3) is 0.562. The van der Waals surface area contributed by atoms with Crippen LogP contribution in [-0.2, 0) is 13.0 Å². The predicted octanol–water partition coefficient (Wildman–Crippen LogP) is 5.50. The molecule has 7 nitrogen and oxygen atoms in total. The van der Waals surface area contributed by atoms with Gasteiger partial charge in [0.05, 0.1) is 34.2 Å². The third kappa shape index (κ3) is 4.54. The number of halogens is 2. The van der Waals surface area contributed by atoms with E-state index in [4.69, 9.17) is 26.3 Å². The maximum Gasteiger partial charge on any atom is 0.316 e. The van der Waals surface area contributed by atoms with Crippen LogP contribution in [0.2, 0.25) is 5.02 Å². The third-order valence-corrected chi connectivity index (χ3v) is 10.7. The summed E-state index contributed by atoms with van der Waals surface area (Å²) >= 11 is 6.69. The number of fused-ring (bicyclic) bond motifs is 5. The molecule has 6 heterocycles. The molecule has 4 saturated heterocycles. The van der Waals surface area contributed by atoms with Crippen molar-refractivity contribution in [2.45, 2.75) is 87.6 Å². The van der Waals surface area contributed by atoms with Gasteiger partial charge in [0, 0.05) is 49.0 Å². The molecule has 1 aromatic heterocycles. The van der Waals surface area contributed by atoms with Crippen molar-refractivity contribution in [3.05, 3.63) is 52.3 Å². The molecule has 216 valence electrons. The van der Waals surface area contributed by atoms with Crippen LogP contribution < -0.4 is 15.0 Å². The summed E-state index contributed by atoms with van der Waals surface area (Å²) < 4.78 is 20.9. The molecule has 0 spiro atoms. The summed E-state index contributed by atoms with van der Waals surface area (Å²) in [6, 6.07) is 10.9. The van der Waals surface area contributed by atoms with Crippen molar-refractivity contribution in [2.75, 3.05) is 31.1 Å². The number of benzene rings is 2. The van der Waals surface area contributed by atoms with Crippen LogP contribution in [0.5, 0.6) is 11.8 Å². The van der Waals surface area contributed by atoms with Gasteiger partial charge in [-0.3, -0.25) is 4.90 Å². The van der Waals surface area contributed by atoms with E-state index in [0.717, 1.165) is 73.0 Å². The lowest BCUT2D eigenvalue weighted by atomic mass is 9.85. The molecule has 5 aliphatic rings. The van der Waals surface area contributed by atoms with Crippen molar-refractivity contribution < 1.29 is 14.2 Å². The minimum atomic E-state index is -0.790. The standard InChI is InChI=1S/C32H37ClFN5O2/c33-26-4-1-3-19-13-24(40)14-28(29(19)26)38-10-7-25-27(17-38)36-31(37-30(25)20-11-22-5-6-23(12-20)35-22)41-18-32-8-2-9-39(32)16-21(34)15-32/h1,3-4,13-14,20-23,35,40H,2,5-12,15-18H2/t20?,21-,22-,23+,32+/m1/s1. The number of phenolic OH excluding ortho intramolecular Hbond substituents is 1. The average Bonchev–Trinajstić information content (AvgIpc) is 3.61. The monoisotopic (exact) mass is 577 g/mol. The Balaban J connectivity index is 1.15. The highest BCUT2D eigenvalue weighted by Crippen LogP contribution is 2.43. The van der Waals surface area contributed by atoms with Crippen molar-refractivity contribution in [3.63, 3.8) is 0 Å². The summed E-state index contributed by atoms with van der Waals surface area (Å²) in [7, 11) is 0. The van der Waals surface area contributed by atoms with Gasteiger partial charge in [0.2, 0.25) is 0 Å². The number of alkyl halides is 1. The van der Waals surface area contributed by atoms with Crippen LogP contribution in [0, 0.1) is 0 Å². The van der Waals surface area contributed by atoms with E-state index >= 15 is 0 Å². The molecule has 0 aliphatic carbocycles. The maximum atomic E-state index is 14.4. The van der Waals surface area contributed by atoms with Crippen LogP contribution in [0.3, 0.4) is 0 Å². The van der Waals surface area contributed by atoms with Crippen LogP contribution in [0.4, 0.5) is 10.1 Å². The number of ether oxygens (including phenoxy) is 1. The second-order valence-electron chi connectivity index (χ2n) is 13.0. The van der Waals surface area contributed by atoms with Gasteiger partial charge in [-0.1, -0.05) is 23.7 Å². The number of rotatable bonds is 5. The lowest BCUT2D eigenvalue weighted by Gasteiger charge is -2.35. The lowest BCUT2D eigenvalue weighted by molar-refractivity contribution is 0.106. The number of phenols is 1. The fourth-order valence-electron chi connectivity index (χ4n) is 8.57. The van der Waals surface area contributed by atoms with Gasteiger partial charge in [-0.15, -0.1) is 0 Å². The summed E-state index contributed by atoms with van der Waals surface area (Å²) in [5.41, 5.74) is 4.06.